The van der Waals surface area contributed by atoms with E-state index in [1.54, 1.807) is 32.3 Å². The molecule has 0 radical (unpaired) electrons. The average molecular weight is 494 g/mol. The number of aliphatic hydroxyl groups excluding tert-OH is 1. The first-order valence-corrected chi connectivity index (χ1v) is 12.1. The van der Waals surface area contributed by atoms with Crippen molar-refractivity contribution in [3.63, 3.8) is 0 Å². The lowest BCUT2D eigenvalue weighted by Gasteiger charge is -2.15. The number of carbonyl (C=O) groups excluding carboxylic acids is 1. The van der Waals surface area contributed by atoms with Crippen LogP contribution < -0.4 is 20.7 Å². The Bertz CT molecular complexity index is 1250. The normalized spacial score (nSPS) is 13.7. The molecule has 0 bridgehead atoms. The molecule has 190 valence electrons. The van der Waals surface area contributed by atoms with Crippen molar-refractivity contribution in [2.75, 3.05) is 37.4 Å². The zero-order chi connectivity index (χ0) is 25.7. The maximum absolute atomic E-state index is 14.8. The second-order valence-corrected chi connectivity index (χ2v) is 9.42. The first-order chi connectivity index (χ1) is 17.3. The van der Waals surface area contributed by atoms with Gasteiger partial charge in [0.05, 0.1) is 18.0 Å². The van der Waals surface area contributed by atoms with Gasteiger partial charge in [-0.2, -0.15) is 0 Å². The predicted molar refractivity (Wildman–Crippen MR) is 139 cm³/mol. The second-order valence-electron chi connectivity index (χ2n) is 9.42. The van der Waals surface area contributed by atoms with Gasteiger partial charge in [0.1, 0.15) is 18.2 Å². The van der Waals surface area contributed by atoms with E-state index in [-0.39, 0.29) is 18.9 Å². The van der Waals surface area contributed by atoms with Crippen LogP contribution in [0.1, 0.15) is 31.7 Å². The van der Waals surface area contributed by atoms with Crippen molar-refractivity contribution >= 4 is 17.5 Å². The summed E-state index contributed by atoms with van der Waals surface area (Å²) in [6.07, 6.45) is 4.94. The minimum absolute atomic E-state index is 0.0857. The number of nitrogens with one attached hydrogen (secondary N) is 3. The Labute approximate surface area is 210 Å². The van der Waals surface area contributed by atoms with Gasteiger partial charge < -0.3 is 25.8 Å². The van der Waals surface area contributed by atoms with Crippen molar-refractivity contribution in [1.29, 1.82) is 0 Å². The molecule has 0 aliphatic heterocycles. The third-order valence-corrected chi connectivity index (χ3v) is 6.45. The number of hydrogen-bond donors (Lipinski definition) is 4. The number of anilines is 2. The molecule has 8 nitrogen and oxygen atoms in total. The second kappa shape index (κ2) is 10.9. The van der Waals surface area contributed by atoms with Gasteiger partial charge in [-0.15, -0.1) is 0 Å². The Morgan fingerprint density at radius 1 is 1.19 bits per heavy atom. The zero-order valence-electron chi connectivity index (χ0n) is 20.8. The summed E-state index contributed by atoms with van der Waals surface area (Å²) in [6.45, 7) is 4.48. The lowest BCUT2D eigenvalue weighted by Crippen LogP contribution is -2.30. The van der Waals surface area contributed by atoms with Gasteiger partial charge in [-0.1, -0.05) is 6.92 Å². The van der Waals surface area contributed by atoms with Crippen LogP contribution in [0.3, 0.4) is 0 Å². The summed E-state index contributed by atoms with van der Waals surface area (Å²) < 4.78 is 20.4. The zero-order valence-corrected chi connectivity index (χ0v) is 20.8. The summed E-state index contributed by atoms with van der Waals surface area (Å²) in [4.78, 5) is 21.2. The number of aliphatic hydroxyl groups is 1. The van der Waals surface area contributed by atoms with E-state index in [4.69, 9.17) is 4.74 Å². The molecule has 9 heteroatoms. The van der Waals surface area contributed by atoms with Gasteiger partial charge in [-0.3, -0.25) is 0 Å². The summed E-state index contributed by atoms with van der Waals surface area (Å²) >= 11 is 0. The van der Waals surface area contributed by atoms with Crippen LogP contribution in [0.4, 0.5) is 20.7 Å². The van der Waals surface area contributed by atoms with Crippen LogP contribution in [0, 0.1) is 18.2 Å². The third kappa shape index (κ3) is 6.28. The van der Waals surface area contributed by atoms with Gasteiger partial charge in [0.15, 0.2) is 0 Å². The fourth-order valence-electron chi connectivity index (χ4n) is 3.95. The molecule has 1 aliphatic rings. The lowest BCUT2D eigenvalue weighted by molar-refractivity contribution is 0.197. The van der Waals surface area contributed by atoms with Gasteiger partial charge in [0, 0.05) is 31.4 Å². The van der Waals surface area contributed by atoms with Gasteiger partial charge in [0.2, 0.25) is 5.88 Å². The Hall–Kier alpha value is -3.72. The third-order valence-electron chi connectivity index (χ3n) is 6.45. The molecular formula is C27H32FN5O3. The molecule has 0 spiro atoms. The molecule has 3 aromatic rings. The topological polar surface area (TPSA) is 108 Å². The molecule has 1 aromatic carbocycles. The minimum atomic E-state index is -0.514. The Balaban J connectivity index is 1.64. The van der Waals surface area contributed by atoms with E-state index < -0.39 is 11.8 Å². The van der Waals surface area contributed by atoms with Crippen molar-refractivity contribution in [2.24, 2.45) is 5.41 Å². The summed E-state index contributed by atoms with van der Waals surface area (Å²) in [7, 11) is 1.78. The molecule has 0 saturated heterocycles. The van der Waals surface area contributed by atoms with Crippen molar-refractivity contribution in [2.45, 2.75) is 33.1 Å². The molecule has 4 N–H and O–H groups in total. The van der Waals surface area contributed by atoms with E-state index in [0.29, 0.717) is 34.9 Å². The van der Waals surface area contributed by atoms with E-state index in [1.165, 1.54) is 18.9 Å². The van der Waals surface area contributed by atoms with Gasteiger partial charge in [-0.25, -0.2) is 19.2 Å². The highest BCUT2D eigenvalue weighted by Gasteiger charge is 2.36. The molecule has 1 aliphatic carbocycles. The van der Waals surface area contributed by atoms with Crippen molar-refractivity contribution in [3.8, 4) is 28.3 Å². The quantitative estimate of drug-likeness (QED) is 0.317. The van der Waals surface area contributed by atoms with Crippen LogP contribution >= 0.6 is 0 Å². The van der Waals surface area contributed by atoms with Crippen LogP contribution in [0.25, 0.3) is 22.4 Å². The minimum Gasteiger partial charge on any atom is -0.475 e. The van der Waals surface area contributed by atoms with Crippen molar-refractivity contribution in [3.05, 3.63) is 54.0 Å². The fourth-order valence-corrected chi connectivity index (χ4v) is 3.95. The van der Waals surface area contributed by atoms with E-state index >= 15 is 0 Å². The summed E-state index contributed by atoms with van der Waals surface area (Å²) in [6, 6.07) is 9.88. The number of pyridine rings is 2. The highest BCUT2D eigenvalue weighted by atomic mass is 19.1. The number of carbonyl (C=O) groups is 1. The van der Waals surface area contributed by atoms with E-state index in [0.717, 1.165) is 23.1 Å². The predicted octanol–water partition coefficient (Wildman–Crippen LogP) is 4.98. The number of rotatable bonds is 10. The largest absolute Gasteiger partial charge is 0.475 e. The van der Waals surface area contributed by atoms with E-state index in [2.05, 4.69) is 32.8 Å². The smallest absolute Gasteiger partial charge is 0.319 e. The van der Waals surface area contributed by atoms with Crippen molar-refractivity contribution in [1.82, 2.24) is 15.3 Å². The van der Waals surface area contributed by atoms with Gasteiger partial charge >= 0.3 is 6.03 Å². The average Bonchev–Trinajstić information content (AvgIpc) is 3.61. The molecule has 1 fully saturated rings. The number of ether oxygens (including phenoxy) is 1. The Kier molecular flexibility index (Phi) is 7.69. The molecule has 0 atom stereocenters. The molecule has 2 heterocycles. The van der Waals surface area contributed by atoms with Crippen molar-refractivity contribution < 1.29 is 19.0 Å². The molecule has 2 amide bonds. The fraction of sp³-hybridized carbons (Fsp3) is 0.370. The molecule has 2 aromatic heterocycles. The summed E-state index contributed by atoms with van der Waals surface area (Å²) in [5, 5.41) is 17.7. The standard InChI is InChI=1S/C27H32FN5O3/c1-17-12-21(28)23(33-26(35)31-9-7-27(2)5-6-27)16-20(17)19-13-22(32-25(15-19)36-11-10-34)18-4-8-30-24(14-18)29-3/h4,8,12-16,34H,5-7,9-11H2,1-3H3,(H,29,30)(H2,31,33,35). The SMILES string of the molecule is CNc1cc(-c2cc(-c3cc(NC(=O)NCCC4(C)CC4)c(F)cc3C)cc(OCCO)n2)ccn1. The van der Waals surface area contributed by atoms with Crippen LogP contribution in [0.2, 0.25) is 0 Å². The van der Waals surface area contributed by atoms with Gasteiger partial charge in [-0.05, 0) is 78.6 Å². The van der Waals surface area contributed by atoms with E-state index in [1.807, 2.05) is 18.2 Å². The molecule has 4 rings (SSSR count). The Morgan fingerprint density at radius 3 is 2.72 bits per heavy atom. The first kappa shape index (κ1) is 25.4. The number of hydrogen-bond acceptors (Lipinski definition) is 6. The number of aromatic nitrogens is 2. The lowest BCUT2D eigenvalue weighted by atomic mass is 9.98. The monoisotopic (exact) mass is 493 g/mol. The number of benzene rings is 1. The first-order valence-electron chi connectivity index (χ1n) is 12.1. The molecule has 1 saturated carbocycles. The van der Waals surface area contributed by atoms with Crippen LogP contribution in [0.5, 0.6) is 5.88 Å². The number of amides is 2. The summed E-state index contributed by atoms with van der Waals surface area (Å²) in [5.41, 5.74) is 4.00. The summed E-state index contributed by atoms with van der Waals surface area (Å²) in [5.74, 6) is 0.493. The maximum atomic E-state index is 14.8. The molecule has 0 unspecified atom stereocenters. The highest BCUT2D eigenvalue weighted by Crippen LogP contribution is 2.47. The number of aryl methyl sites for hydroxylation is 1. The number of nitrogens with zero attached hydrogens (tertiary/aromatic N) is 2. The molecule has 36 heavy (non-hydrogen) atoms. The number of urea groups is 1. The van der Waals surface area contributed by atoms with Crippen LogP contribution in [0.15, 0.2) is 42.6 Å². The van der Waals surface area contributed by atoms with Crippen LogP contribution in [-0.2, 0) is 0 Å². The number of halogens is 1. The highest BCUT2D eigenvalue weighted by molar-refractivity contribution is 5.90. The van der Waals surface area contributed by atoms with E-state index in [9.17, 15) is 14.3 Å². The van der Waals surface area contributed by atoms with Gasteiger partial charge in [0.25, 0.3) is 0 Å². The maximum Gasteiger partial charge on any atom is 0.319 e. The molecular weight excluding hydrogens is 461 g/mol. The van der Waals surface area contributed by atoms with Crippen LogP contribution in [-0.4, -0.2) is 47.9 Å². The Morgan fingerprint density at radius 2 is 2.00 bits per heavy atom.